The lowest BCUT2D eigenvalue weighted by molar-refractivity contribution is 0.103. The maximum Gasteiger partial charge on any atom is 0.267 e. The number of aromatic nitrogens is 3. The van der Waals surface area contributed by atoms with Crippen molar-refractivity contribution in [3.63, 3.8) is 0 Å². The number of aryl methyl sites for hydroxylation is 2. The number of para-hydroxylation sites is 1. The molecule has 1 saturated heterocycles. The predicted octanol–water partition coefficient (Wildman–Crippen LogP) is 3.31. The first kappa shape index (κ1) is 15.9. The van der Waals surface area contributed by atoms with Crippen LogP contribution in [0.2, 0.25) is 5.02 Å². The van der Waals surface area contributed by atoms with Gasteiger partial charge in [-0.2, -0.15) is 0 Å². The first-order valence-corrected chi connectivity index (χ1v) is 11.2. The first-order chi connectivity index (χ1) is 18.6. The first-order valence-electron chi connectivity index (χ1n) is 13.5. The Bertz CT molecular complexity index is 1390. The summed E-state index contributed by atoms with van der Waals surface area (Å²) >= 11 is 7.19. The van der Waals surface area contributed by atoms with E-state index < -0.39 is 25.8 Å². The maximum absolute atomic E-state index is 12.9. The van der Waals surface area contributed by atoms with Crippen LogP contribution in [0.15, 0.2) is 30.5 Å². The second kappa shape index (κ2) is 10.4. The van der Waals surface area contributed by atoms with Crippen molar-refractivity contribution in [3.05, 3.63) is 51.7 Å². The highest BCUT2D eigenvalue weighted by atomic mass is 35.5. The number of hydrogen-bond acceptors (Lipinski definition) is 9. The van der Waals surface area contributed by atoms with E-state index in [2.05, 4.69) is 25.6 Å². The van der Waals surface area contributed by atoms with Gasteiger partial charge in [0.05, 0.1) is 26.2 Å². The lowest BCUT2D eigenvalue weighted by Crippen LogP contribution is -2.47. The van der Waals surface area contributed by atoms with Gasteiger partial charge in [-0.25, -0.2) is 15.0 Å². The molecule has 0 radical (unpaired) electrons. The predicted molar refractivity (Wildman–Crippen MR) is 132 cm³/mol. The molecule has 33 heavy (non-hydrogen) atoms. The monoisotopic (exact) mass is 494 g/mol. The fraction of sp³-hybridized carbons (Fsp3) is 0.364. The van der Waals surface area contributed by atoms with Gasteiger partial charge in [0.15, 0.2) is 5.13 Å². The molecule has 1 aromatic carbocycles. The molecular formula is C22H26ClN7O2S. The van der Waals surface area contributed by atoms with E-state index in [1.165, 1.54) is 29.3 Å². The van der Waals surface area contributed by atoms with E-state index in [0.717, 1.165) is 11.3 Å². The van der Waals surface area contributed by atoms with Crippen molar-refractivity contribution in [2.24, 2.45) is 0 Å². The lowest BCUT2D eigenvalue weighted by Gasteiger charge is -2.35. The Balaban J connectivity index is 1.45. The summed E-state index contributed by atoms with van der Waals surface area (Å²) in [7, 11) is 0. The molecule has 0 aliphatic carbocycles. The summed E-state index contributed by atoms with van der Waals surface area (Å²) in [5.41, 5.74) is -0.0660. The second-order valence-corrected chi connectivity index (χ2v) is 8.57. The van der Waals surface area contributed by atoms with Crippen LogP contribution in [-0.2, 0) is 0 Å². The number of rotatable bonds is 7. The molecule has 1 amide bonds. The largest absolute Gasteiger partial charge is 0.395 e. The number of aliphatic hydroxyl groups is 1. The van der Waals surface area contributed by atoms with Gasteiger partial charge in [-0.15, -0.1) is 0 Å². The summed E-state index contributed by atoms with van der Waals surface area (Å²) < 4.78 is 53.7. The quantitative estimate of drug-likeness (QED) is 0.459. The van der Waals surface area contributed by atoms with Crippen molar-refractivity contribution in [2.45, 2.75) is 13.8 Å². The molecule has 1 aliphatic heterocycles. The molecule has 0 unspecified atom stereocenters. The summed E-state index contributed by atoms with van der Waals surface area (Å²) in [5.74, 6) is 0.847. The molecule has 3 heterocycles. The van der Waals surface area contributed by atoms with E-state index in [4.69, 9.17) is 21.2 Å². The normalized spacial score (nSPS) is 18.8. The maximum atomic E-state index is 12.9. The molecule has 174 valence electrons. The number of carbonyl (C=O) groups is 1. The van der Waals surface area contributed by atoms with Crippen LogP contribution in [0.1, 0.15) is 30.7 Å². The van der Waals surface area contributed by atoms with Crippen molar-refractivity contribution in [1.29, 1.82) is 0 Å². The molecule has 2 aromatic heterocycles. The summed E-state index contributed by atoms with van der Waals surface area (Å²) in [4.78, 5) is 29.3. The van der Waals surface area contributed by atoms with Gasteiger partial charge in [-0.1, -0.05) is 35.1 Å². The van der Waals surface area contributed by atoms with Crippen LogP contribution in [0.4, 0.5) is 22.5 Å². The highest BCUT2D eigenvalue weighted by Gasteiger charge is 2.19. The number of hydrogen-bond donors (Lipinski definition) is 3. The van der Waals surface area contributed by atoms with Crippen molar-refractivity contribution < 1.29 is 19.5 Å². The van der Waals surface area contributed by atoms with Crippen LogP contribution >= 0.6 is 22.9 Å². The minimum absolute atomic E-state index is 0.0106. The number of nitrogens with zero attached hydrogens (tertiary/aromatic N) is 5. The molecule has 0 saturated carbocycles. The topological polar surface area (TPSA) is 107 Å². The van der Waals surface area contributed by atoms with Crippen molar-refractivity contribution >= 4 is 51.3 Å². The minimum Gasteiger partial charge on any atom is -0.395 e. The van der Waals surface area contributed by atoms with E-state index in [9.17, 15) is 9.90 Å². The van der Waals surface area contributed by atoms with Crippen LogP contribution in [0.5, 0.6) is 0 Å². The average Bonchev–Trinajstić information content (AvgIpc) is 3.32. The van der Waals surface area contributed by atoms with E-state index in [-0.39, 0.29) is 34.2 Å². The van der Waals surface area contributed by atoms with Crippen molar-refractivity contribution in [1.82, 2.24) is 19.9 Å². The molecule has 0 spiro atoms. The van der Waals surface area contributed by atoms with E-state index >= 15 is 0 Å². The number of halogens is 1. The lowest BCUT2D eigenvalue weighted by atomic mass is 10.2. The Morgan fingerprint density at radius 1 is 1.33 bits per heavy atom. The number of anilines is 4. The molecule has 3 N–H and O–H groups in total. The molecule has 3 aromatic rings. The van der Waals surface area contributed by atoms with Crippen molar-refractivity contribution in [3.8, 4) is 0 Å². The SMILES string of the molecule is [2H]C([2H])([2H])c1cccc(Cl)c1NC(=O)c1cnc(Nc2cc(N3CCN(C([2H])([2H])C([2H])([2H])O)CC3)nc(C)n2)s1. The van der Waals surface area contributed by atoms with E-state index in [1.807, 2.05) is 4.90 Å². The molecule has 0 atom stereocenters. The molecule has 1 aliphatic rings. The smallest absolute Gasteiger partial charge is 0.267 e. The minimum atomic E-state index is -3.01. The van der Waals surface area contributed by atoms with Gasteiger partial charge in [0.1, 0.15) is 22.3 Å². The van der Waals surface area contributed by atoms with Gasteiger partial charge in [-0.05, 0) is 25.4 Å². The van der Waals surface area contributed by atoms with Gasteiger partial charge >= 0.3 is 0 Å². The van der Waals surface area contributed by atoms with Crippen LogP contribution in [-0.4, -0.2) is 70.1 Å². The van der Waals surface area contributed by atoms with Crippen molar-refractivity contribution in [2.75, 3.05) is 54.8 Å². The summed E-state index contributed by atoms with van der Waals surface area (Å²) in [6.07, 6.45) is 1.34. The zero-order chi connectivity index (χ0) is 29.5. The zero-order valence-corrected chi connectivity index (χ0v) is 19.2. The Hall–Kier alpha value is -2.79. The zero-order valence-electron chi connectivity index (χ0n) is 24.6. The van der Waals surface area contributed by atoms with Gasteiger partial charge < -0.3 is 20.6 Å². The number of piperazine rings is 1. The average molecular weight is 495 g/mol. The standard InChI is InChI=1S/C22H26ClN7O2S/c1-14-4-3-5-16(23)20(14)28-21(32)17-13-24-22(33-17)27-18-12-19(26-15(2)25-18)30-8-6-29(7-9-30)10-11-31/h3-5,12-13,31H,6-11H2,1-2H3,(H,28,32)(H,24,25,26,27)/i1D3,10D2,11D2. The number of carbonyl (C=O) groups excluding carboxylic acids is 1. The number of nitrogens with one attached hydrogen (secondary N) is 2. The molecule has 9 nitrogen and oxygen atoms in total. The van der Waals surface area contributed by atoms with E-state index in [1.54, 1.807) is 13.0 Å². The number of benzene rings is 1. The fourth-order valence-corrected chi connectivity index (χ4v) is 4.21. The van der Waals surface area contributed by atoms with E-state index in [0.29, 0.717) is 35.7 Å². The Labute approximate surface area is 211 Å². The Morgan fingerprint density at radius 3 is 2.91 bits per heavy atom. The third-order valence-electron chi connectivity index (χ3n) is 4.85. The fourth-order valence-electron chi connectivity index (χ4n) is 3.27. The molecule has 4 rings (SSSR count). The van der Waals surface area contributed by atoms with Gasteiger partial charge in [0, 0.05) is 45.6 Å². The summed E-state index contributed by atoms with van der Waals surface area (Å²) in [6.45, 7) is -5.30. The molecule has 11 heteroatoms. The second-order valence-electron chi connectivity index (χ2n) is 7.13. The van der Waals surface area contributed by atoms with Gasteiger partial charge in [0.2, 0.25) is 0 Å². The summed E-state index contributed by atoms with van der Waals surface area (Å²) in [5, 5.41) is 15.6. The summed E-state index contributed by atoms with van der Waals surface area (Å²) in [6, 6.07) is 6.04. The number of β-amino-alcohol motifs (C(OH)–C–C–N with tert-alkyl or cyclic N) is 1. The number of amides is 1. The Morgan fingerprint density at radius 2 is 2.15 bits per heavy atom. The molecular weight excluding hydrogens is 462 g/mol. The highest BCUT2D eigenvalue weighted by Crippen LogP contribution is 2.28. The van der Waals surface area contributed by atoms with Crippen LogP contribution in [0.25, 0.3) is 0 Å². The van der Waals surface area contributed by atoms with Crippen LogP contribution in [0.3, 0.4) is 0 Å². The highest BCUT2D eigenvalue weighted by molar-refractivity contribution is 7.17. The van der Waals surface area contributed by atoms with Crippen LogP contribution in [0, 0.1) is 13.8 Å². The third kappa shape index (κ3) is 5.77. The van der Waals surface area contributed by atoms with Crippen LogP contribution < -0.4 is 15.5 Å². The Kier molecular flexibility index (Phi) is 5.04. The molecule has 1 fully saturated rings. The molecule has 0 bridgehead atoms. The third-order valence-corrected chi connectivity index (χ3v) is 6.08. The van der Waals surface area contributed by atoms with Gasteiger partial charge in [0.25, 0.3) is 5.91 Å². The van der Waals surface area contributed by atoms with Gasteiger partial charge in [-0.3, -0.25) is 9.69 Å². The number of thiazole rings is 1.